The quantitative estimate of drug-likeness (QED) is 0.548. The van der Waals surface area contributed by atoms with Crippen LogP contribution in [0.5, 0.6) is 0 Å². The summed E-state index contributed by atoms with van der Waals surface area (Å²) in [4.78, 5) is 18.3. The highest BCUT2D eigenvalue weighted by Gasteiger charge is 2.25. The molecule has 1 amide bonds. The lowest BCUT2D eigenvalue weighted by atomic mass is 10.0. The molecule has 3 rings (SSSR count). The molecule has 0 aliphatic rings. The number of amides is 1. The number of anilines is 1. The largest absolute Gasteiger partial charge is 0.322 e. The molecule has 0 aliphatic heterocycles. The first-order valence-corrected chi connectivity index (χ1v) is 12.5. The number of sulfonamides is 1. The van der Waals surface area contributed by atoms with Crippen molar-refractivity contribution in [3.63, 3.8) is 0 Å². The molecule has 33 heavy (non-hydrogen) atoms. The van der Waals surface area contributed by atoms with Crippen molar-refractivity contribution >= 4 is 32.7 Å². The molecule has 2 heterocycles. The van der Waals surface area contributed by atoms with Gasteiger partial charge in [-0.05, 0) is 77.8 Å². The minimum Gasteiger partial charge on any atom is -0.322 e. The minimum absolute atomic E-state index is 0.127. The maximum Gasteiger partial charge on any atom is 0.256 e. The van der Waals surface area contributed by atoms with Gasteiger partial charge in [-0.3, -0.25) is 4.79 Å². The minimum atomic E-state index is -3.60. The molecular formula is C24H33N5O3S. The van der Waals surface area contributed by atoms with Gasteiger partial charge in [0.05, 0.1) is 27.1 Å². The highest BCUT2D eigenvalue weighted by molar-refractivity contribution is 7.89. The van der Waals surface area contributed by atoms with E-state index in [1.54, 1.807) is 26.0 Å². The fourth-order valence-corrected chi connectivity index (χ4v) is 4.80. The van der Waals surface area contributed by atoms with Crippen molar-refractivity contribution < 1.29 is 13.2 Å². The van der Waals surface area contributed by atoms with Crippen LogP contribution in [0.4, 0.5) is 5.69 Å². The predicted molar refractivity (Wildman–Crippen MR) is 131 cm³/mol. The zero-order valence-corrected chi connectivity index (χ0v) is 21.3. The van der Waals surface area contributed by atoms with Gasteiger partial charge in [0.1, 0.15) is 0 Å². The summed E-state index contributed by atoms with van der Waals surface area (Å²) < 4.78 is 29.1. The highest BCUT2D eigenvalue weighted by atomic mass is 32.2. The number of aromatic nitrogens is 3. The van der Waals surface area contributed by atoms with Crippen LogP contribution in [-0.4, -0.2) is 35.1 Å². The molecule has 1 aromatic carbocycles. The molecule has 9 heteroatoms. The molecule has 8 nitrogen and oxygen atoms in total. The predicted octanol–water partition coefficient (Wildman–Crippen LogP) is 4.56. The van der Waals surface area contributed by atoms with Crippen LogP contribution in [0.3, 0.4) is 0 Å². The zero-order chi connectivity index (χ0) is 24.7. The van der Waals surface area contributed by atoms with Gasteiger partial charge in [-0.15, -0.1) is 0 Å². The van der Waals surface area contributed by atoms with Crippen LogP contribution < -0.4 is 10.0 Å². The summed E-state index contributed by atoms with van der Waals surface area (Å²) >= 11 is 0. The zero-order valence-electron chi connectivity index (χ0n) is 20.5. The molecule has 0 bridgehead atoms. The summed E-state index contributed by atoms with van der Waals surface area (Å²) in [7, 11) is -3.60. The summed E-state index contributed by atoms with van der Waals surface area (Å²) in [6, 6.07) is 7.72. The van der Waals surface area contributed by atoms with Crippen molar-refractivity contribution in [1.29, 1.82) is 0 Å². The van der Waals surface area contributed by atoms with Crippen LogP contribution in [0.2, 0.25) is 0 Å². The second kappa shape index (κ2) is 8.87. The van der Waals surface area contributed by atoms with Gasteiger partial charge < -0.3 is 5.32 Å². The number of hydrogen-bond donors (Lipinski definition) is 2. The van der Waals surface area contributed by atoms with E-state index in [9.17, 15) is 13.2 Å². The topological polar surface area (TPSA) is 106 Å². The maximum absolute atomic E-state index is 13.3. The molecular weight excluding hydrogens is 438 g/mol. The van der Waals surface area contributed by atoms with E-state index in [0.717, 1.165) is 11.4 Å². The summed E-state index contributed by atoms with van der Waals surface area (Å²) in [6.45, 7) is 15.6. The summed E-state index contributed by atoms with van der Waals surface area (Å²) in [5.74, 6) is -0.167. The average molecular weight is 472 g/mol. The number of fused-ring (bicyclic) bond motifs is 1. The first-order chi connectivity index (χ1) is 15.2. The van der Waals surface area contributed by atoms with E-state index in [-0.39, 0.29) is 28.3 Å². The number of rotatable bonds is 6. The molecule has 0 spiro atoms. The van der Waals surface area contributed by atoms with Gasteiger partial charge in [-0.1, -0.05) is 13.8 Å². The van der Waals surface area contributed by atoms with E-state index in [0.29, 0.717) is 22.3 Å². The van der Waals surface area contributed by atoms with Crippen molar-refractivity contribution in [2.45, 2.75) is 77.8 Å². The molecule has 0 fully saturated rings. The molecule has 0 unspecified atom stereocenters. The lowest BCUT2D eigenvalue weighted by Crippen LogP contribution is -2.30. The number of hydrogen-bond acceptors (Lipinski definition) is 5. The Hall–Kier alpha value is -2.78. The maximum atomic E-state index is 13.3. The van der Waals surface area contributed by atoms with Gasteiger partial charge in [-0.2, -0.15) is 5.10 Å². The third-order valence-corrected chi connectivity index (χ3v) is 6.79. The van der Waals surface area contributed by atoms with Crippen LogP contribution in [0.15, 0.2) is 35.2 Å². The van der Waals surface area contributed by atoms with E-state index in [2.05, 4.69) is 15.1 Å². The number of carbonyl (C=O) groups excluding carboxylic acids is 1. The van der Waals surface area contributed by atoms with Crippen molar-refractivity contribution in [2.75, 3.05) is 5.32 Å². The van der Waals surface area contributed by atoms with Crippen LogP contribution in [0.25, 0.3) is 11.0 Å². The molecule has 0 saturated heterocycles. The lowest BCUT2D eigenvalue weighted by Gasteiger charge is -2.20. The molecule has 2 aromatic heterocycles. The summed E-state index contributed by atoms with van der Waals surface area (Å²) in [5, 5.41) is 8.28. The van der Waals surface area contributed by atoms with Gasteiger partial charge in [-0.25, -0.2) is 22.8 Å². The van der Waals surface area contributed by atoms with Crippen molar-refractivity contribution in [3.05, 3.63) is 47.3 Å². The van der Waals surface area contributed by atoms with Crippen molar-refractivity contribution in [3.8, 4) is 0 Å². The van der Waals surface area contributed by atoms with Gasteiger partial charge >= 0.3 is 0 Å². The standard InChI is InChI=1S/C24H33N5O3S/c1-14(2)20-13-19(21-16(5)27-29(22(21)26-20)24(6,7)8)23(30)25-17-9-11-18(12-10-17)33(31,32)28-15(3)4/h9-15,28H,1-8H3,(H,25,30). The second-order valence-corrected chi connectivity index (χ2v) is 11.6. The first-order valence-electron chi connectivity index (χ1n) is 11.0. The van der Waals surface area contributed by atoms with E-state index in [4.69, 9.17) is 4.98 Å². The van der Waals surface area contributed by atoms with E-state index in [1.165, 1.54) is 12.1 Å². The Morgan fingerprint density at radius 3 is 2.18 bits per heavy atom. The van der Waals surface area contributed by atoms with Crippen LogP contribution >= 0.6 is 0 Å². The Morgan fingerprint density at radius 1 is 1.06 bits per heavy atom. The van der Waals surface area contributed by atoms with Crippen molar-refractivity contribution in [2.24, 2.45) is 0 Å². The highest BCUT2D eigenvalue weighted by Crippen LogP contribution is 2.29. The summed E-state index contributed by atoms with van der Waals surface area (Å²) in [5.41, 5.74) is 2.91. The number of nitrogens with one attached hydrogen (secondary N) is 2. The van der Waals surface area contributed by atoms with Gasteiger partial charge in [0.15, 0.2) is 5.65 Å². The molecule has 3 aromatic rings. The number of aryl methyl sites for hydroxylation is 1. The molecule has 2 N–H and O–H groups in total. The lowest BCUT2D eigenvalue weighted by molar-refractivity contribution is 0.102. The number of pyridine rings is 1. The Morgan fingerprint density at radius 2 is 1.67 bits per heavy atom. The molecule has 0 saturated carbocycles. The normalized spacial score (nSPS) is 12.7. The van der Waals surface area contributed by atoms with Gasteiger partial charge in [0.2, 0.25) is 10.0 Å². The van der Waals surface area contributed by atoms with Crippen LogP contribution in [0, 0.1) is 6.92 Å². The molecule has 178 valence electrons. The number of carbonyl (C=O) groups is 1. The first kappa shape index (κ1) is 24.9. The van der Waals surface area contributed by atoms with Gasteiger partial charge in [0, 0.05) is 17.4 Å². The summed E-state index contributed by atoms with van der Waals surface area (Å²) in [6.07, 6.45) is 0. The molecule has 0 radical (unpaired) electrons. The van der Waals surface area contributed by atoms with E-state index < -0.39 is 10.0 Å². The van der Waals surface area contributed by atoms with Crippen LogP contribution in [0.1, 0.15) is 76.1 Å². The third-order valence-electron chi connectivity index (χ3n) is 5.12. The van der Waals surface area contributed by atoms with E-state index in [1.807, 2.05) is 52.3 Å². The Balaban J connectivity index is 2.01. The van der Waals surface area contributed by atoms with Crippen molar-refractivity contribution in [1.82, 2.24) is 19.5 Å². The monoisotopic (exact) mass is 471 g/mol. The fraction of sp³-hybridized carbons (Fsp3) is 0.458. The second-order valence-electron chi connectivity index (χ2n) is 9.87. The fourth-order valence-electron chi connectivity index (χ4n) is 3.55. The third kappa shape index (κ3) is 5.25. The molecule has 0 aliphatic carbocycles. The van der Waals surface area contributed by atoms with Crippen LogP contribution in [-0.2, 0) is 15.6 Å². The molecule has 0 atom stereocenters. The number of benzene rings is 1. The smallest absolute Gasteiger partial charge is 0.256 e. The van der Waals surface area contributed by atoms with E-state index >= 15 is 0 Å². The van der Waals surface area contributed by atoms with Gasteiger partial charge in [0.25, 0.3) is 5.91 Å². The Bertz CT molecular complexity index is 1280. The number of nitrogens with zero attached hydrogens (tertiary/aromatic N) is 3. The SMILES string of the molecule is Cc1nn(C(C)(C)C)c2nc(C(C)C)cc(C(=O)Nc3ccc(S(=O)(=O)NC(C)C)cc3)c12. The Kier molecular flexibility index (Phi) is 6.68. The average Bonchev–Trinajstić information content (AvgIpc) is 3.04. The Labute approximate surface area is 195 Å².